The molecule has 0 aliphatic carbocycles. The van der Waals surface area contributed by atoms with Crippen molar-refractivity contribution in [3.8, 4) is 5.75 Å². The molecule has 1 aliphatic heterocycles. The molecule has 1 amide bonds. The number of benzene rings is 3. The van der Waals surface area contributed by atoms with Crippen LogP contribution in [0.4, 0.5) is 5.69 Å². The molecule has 0 N–H and O–H groups in total. The fraction of sp³-hybridized carbons (Fsp3) is 0.0690. The zero-order valence-electron chi connectivity index (χ0n) is 20.5. The van der Waals surface area contributed by atoms with Crippen LogP contribution in [-0.4, -0.2) is 27.1 Å². The van der Waals surface area contributed by atoms with Gasteiger partial charge in [-0.05, 0) is 70.9 Å². The molecular weight excluding hydrogens is 516 g/mol. The van der Waals surface area contributed by atoms with Crippen molar-refractivity contribution in [1.29, 1.82) is 0 Å². The third-order valence-electron chi connectivity index (χ3n) is 5.64. The van der Waals surface area contributed by atoms with Gasteiger partial charge in [-0.25, -0.2) is 0 Å². The number of nitro benzene ring substituents is 1. The molecule has 0 bridgehead atoms. The van der Waals surface area contributed by atoms with Gasteiger partial charge in [-0.15, -0.1) is 5.10 Å². The first kappa shape index (κ1) is 25.7. The molecule has 0 spiro atoms. The standard InChI is InChI=1S/C29H22N4O5S/c34-28-27(17-21-11-13-24(14-12-21)33(35)36)39-29(32(28)19-26-10-5-15-37-26)31-30-18-23-8-4-9-25(16-23)38-20-22-6-2-1-3-7-22/h1-18H,19-20H2/b27-17-,30-18-,31-29+. The molecule has 0 radical (unpaired) electrons. The Hall–Kier alpha value is -4.96. The molecule has 1 aromatic heterocycles. The van der Waals surface area contributed by atoms with E-state index in [1.165, 1.54) is 28.8 Å². The van der Waals surface area contributed by atoms with E-state index in [1.54, 1.807) is 42.8 Å². The average Bonchev–Trinajstić information content (AvgIpc) is 3.57. The lowest BCUT2D eigenvalue weighted by atomic mass is 10.2. The van der Waals surface area contributed by atoms with Crippen molar-refractivity contribution in [1.82, 2.24) is 4.90 Å². The van der Waals surface area contributed by atoms with Gasteiger partial charge in [-0.1, -0.05) is 42.5 Å². The smallest absolute Gasteiger partial charge is 0.269 e. The van der Waals surface area contributed by atoms with Gasteiger partial charge >= 0.3 is 0 Å². The third kappa shape index (κ3) is 6.68. The lowest BCUT2D eigenvalue weighted by Gasteiger charge is -2.12. The Kier molecular flexibility index (Phi) is 7.94. The highest BCUT2D eigenvalue weighted by Crippen LogP contribution is 2.34. The molecule has 4 aromatic rings. The van der Waals surface area contributed by atoms with Gasteiger partial charge in [0.05, 0.1) is 28.9 Å². The SMILES string of the molecule is O=C1/C(=C/c2ccc([N+](=O)[O-])cc2)S/C(=N/N=C\c2cccc(OCc3ccccc3)c2)N1Cc1ccco1. The van der Waals surface area contributed by atoms with Crippen LogP contribution >= 0.6 is 11.8 Å². The molecule has 1 fully saturated rings. The molecule has 3 aromatic carbocycles. The average molecular weight is 539 g/mol. The van der Waals surface area contributed by atoms with Crippen molar-refractivity contribution in [3.05, 3.63) is 135 Å². The number of hydrogen-bond acceptors (Lipinski definition) is 8. The van der Waals surface area contributed by atoms with Crippen molar-refractivity contribution >= 4 is 40.8 Å². The summed E-state index contributed by atoms with van der Waals surface area (Å²) in [7, 11) is 0. The van der Waals surface area contributed by atoms with E-state index in [0.29, 0.717) is 33.8 Å². The van der Waals surface area contributed by atoms with E-state index in [9.17, 15) is 14.9 Å². The van der Waals surface area contributed by atoms with Crippen LogP contribution < -0.4 is 4.74 Å². The van der Waals surface area contributed by atoms with Crippen molar-refractivity contribution in [2.45, 2.75) is 13.2 Å². The van der Waals surface area contributed by atoms with Crippen molar-refractivity contribution < 1.29 is 18.9 Å². The summed E-state index contributed by atoms with van der Waals surface area (Å²) in [5, 5.41) is 19.9. The van der Waals surface area contributed by atoms with Crippen LogP contribution in [0, 0.1) is 10.1 Å². The molecule has 0 saturated carbocycles. The Morgan fingerprint density at radius 2 is 1.79 bits per heavy atom. The fourth-order valence-electron chi connectivity index (χ4n) is 3.69. The Balaban J connectivity index is 1.33. The molecular formula is C29H22N4O5S. The maximum atomic E-state index is 13.2. The second-order valence-electron chi connectivity index (χ2n) is 8.40. The highest BCUT2D eigenvalue weighted by molar-refractivity contribution is 8.18. The van der Waals surface area contributed by atoms with E-state index in [1.807, 2.05) is 54.6 Å². The zero-order valence-corrected chi connectivity index (χ0v) is 21.4. The number of ether oxygens (including phenoxy) is 1. The number of amides is 1. The second kappa shape index (κ2) is 12.1. The number of nitro groups is 1. The van der Waals surface area contributed by atoms with Crippen LogP contribution in [0.1, 0.15) is 22.5 Å². The number of non-ortho nitro benzene ring substituents is 1. The minimum atomic E-state index is -0.467. The zero-order chi connectivity index (χ0) is 27.0. The number of hydrogen-bond donors (Lipinski definition) is 0. The normalized spacial score (nSPS) is 15.5. The van der Waals surface area contributed by atoms with Gasteiger partial charge in [0.25, 0.3) is 11.6 Å². The summed E-state index contributed by atoms with van der Waals surface area (Å²) in [5.74, 6) is 1.04. The highest BCUT2D eigenvalue weighted by Gasteiger charge is 2.34. The van der Waals surface area contributed by atoms with Crippen LogP contribution in [0.25, 0.3) is 6.08 Å². The number of amidine groups is 1. The van der Waals surface area contributed by atoms with E-state index in [2.05, 4.69) is 10.2 Å². The van der Waals surface area contributed by atoms with Gasteiger partial charge in [-0.2, -0.15) is 5.10 Å². The summed E-state index contributed by atoms with van der Waals surface area (Å²) >= 11 is 1.17. The first-order chi connectivity index (χ1) is 19.0. The molecule has 194 valence electrons. The van der Waals surface area contributed by atoms with Crippen LogP contribution in [-0.2, 0) is 17.9 Å². The molecule has 9 nitrogen and oxygen atoms in total. The minimum absolute atomic E-state index is 0.0203. The summed E-state index contributed by atoms with van der Waals surface area (Å²) in [6.45, 7) is 0.641. The number of thioether (sulfide) groups is 1. The summed E-state index contributed by atoms with van der Waals surface area (Å²) in [6, 6.07) is 26.9. The topological polar surface area (TPSA) is 111 Å². The largest absolute Gasteiger partial charge is 0.489 e. The number of carbonyl (C=O) groups is 1. The molecule has 0 atom stereocenters. The van der Waals surface area contributed by atoms with Gasteiger partial charge < -0.3 is 9.15 Å². The summed E-state index contributed by atoms with van der Waals surface area (Å²) in [4.78, 5) is 25.6. The molecule has 1 saturated heterocycles. The first-order valence-electron chi connectivity index (χ1n) is 11.9. The predicted octanol–water partition coefficient (Wildman–Crippen LogP) is 6.27. The van der Waals surface area contributed by atoms with Crippen molar-refractivity contribution in [2.75, 3.05) is 0 Å². The fourth-order valence-corrected chi connectivity index (χ4v) is 4.63. The van der Waals surface area contributed by atoms with E-state index in [-0.39, 0.29) is 18.1 Å². The number of furan rings is 1. The van der Waals surface area contributed by atoms with Crippen molar-refractivity contribution in [2.24, 2.45) is 10.2 Å². The van der Waals surface area contributed by atoms with Crippen LogP contribution in [0.2, 0.25) is 0 Å². The van der Waals surface area contributed by atoms with E-state index in [4.69, 9.17) is 9.15 Å². The summed E-state index contributed by atoms with van der Waals surface area (Å²) in [5.41, 5.74) is 2.50. The summed E-state index contributed by atoms with van der Waals surface area (Å²) < 4.78 is 11.3. The molecule has 2 heterocycles. The van der Waals surface area contributed by atoms with Gasteiger partial charge in [0.2, 0.25) is 0 Å². The van der Waals surface area contributed by atoms with E-state index in [0.717, 1.165) is 11.1 Å². The van der Waals surface area contributed by atoms with E-state index < -0.39 is 4.92 Å². The van der Waals surface area contributed by atoms with Crippen LogP contribution in [0.15, 0.2) is 117 Å². The predicted molar refractivity (Wildman–Crippen MR) is 150 cm³/mol. The molecule has 1 aliphatic rings. The third-order valence-corrected chi connectivity index (χ3v) is 6.64. The van der Waals surface area contributed by atoms with Crippen LogP contribution in [0.5, 0.6) is 5.75 Å². The van der Waals surface area contributed by atoms with Crippen LogP contribution in [0.3, 0.4) is 0 Å². The number of rotatable bonds is 9. The van der Waals surface area contributed by atoms with Gasteiger partial charge in [0.15, 0.2) is 5.17 Å². The van der Waals surface area contributed by atoms with Gasteiger partial charge in [-0.3, -0.25) is 19.8 Å². The minimum Gasteiger partial charge on any atom is -0.489 e. The summed E-state index contributed by atoms with van der Waals surface area (Å²) in [6.07, 6.45) is 4.81. The number of nitrogens with zero attached hydrogens (tertiary/aromatic N) is 4. The molecule has 5 rings (SSSR count). The van der Waals surface area contributed by atoms with Gasteiger partial charge in [0, 0.05) is 12.1 Å². The maximum absolute atomic E-state index is 13.2. The quantitative estimate of drug-likeness (QED) is 0.107. The Bertz CT molecular complexity index is 1550. The lowest BCUT2D eigenvalue weighted by molar-refractivity contribution is -0.384. The number of carbonyl (C=O) groups excluding carboxylic acids is 1. The highest BCUT2D eigenvalue weighted by atomic mass is 32.2. The Morgan fingerprint density at radius 3 is 2.54 bits per heavy atom. The lowest BCUT2D eigenvalue weighted by Crippen LogP contribution is -2.28. The molecule has 39 heavy (non-hydrogen) atoms. The van der Waals surface area contributed by atoms with Crippen molar-refractivity contribution in [3.63, 3.8) is 0 Å². The molecule has 0 unspecified atom stereocenters. The monoisotopic (exact) mass is 538 g/mol. The maximum Gasteiger partial charge on any atom is 0.269 e. The first-order valence-corrected chi connectivity index (χ1v) is 12.7. The van der Waals surface area contributed by atoms with E-state index >= 15 is 0 Å². The molecule has 10 heteroatoms. The van der Waals surface area contributed by atoms with Gasteiger partial charge in [0.1, 0.15) is 18.1 Å². The Labute approximate surface area is 228 Å². The second-order valence-corrected chi connectivity index (χ2v) is 9.41. The Morgan fingerprint density at radius 1 is 0.974 bits per heavy atom.